The van der Waals surface area contributed by atoms with Gasteiger partial charge in [-0.1, -0.05) is 48.5 Å². The first-order valence-corrected chi connectivity index (χ1v) is 10.2. The summed E-state index contributed by atoms with van der Waals surface area (Å²) in [5.41, 5.74) is 8.53. The Kier molecular flexibility index (Phi) is 4.99. The zero-order valence-corrected chi connectivity index (χ0v) is 16.7. The van der Waals surface area contributed by atoms with Crippen molar-refractivity contribution in [2.75, 3.05) is 12.3 Å². The van der Waals surface area contributed by atoms with Crippen LogP contribution in [0.1, 0.15) is 18.4 Å². The number of hydrogen-bond acceptors (Lipinski definition) is 5. The lowest BCUT2D eigenvalue weighted by Crippen LogP contribution is -2.02. The van der Waals surface area contributed by atoms with Gasteiger partial charge in [-0.15, -0.1) is 0 Å². The second-order valence-electron chi connectivity index (χ2n) is 7.43. The number of nitrogens with zero attached hydrogens (tertiary/aromatic N) is 4. The molecule has 0 aliphatic carbocycles. The summed E-state index contributed by atoms with van der Waals surface area (Å²) in [5, 5.41) is 5.08. The lowest BCUT2D eigenvalue weighted by molar-refractivity contribution is 0.117. The van der Waals surface area contributed by atoms with Crippen LogP contribution in [0, 0.1) is 0 Å². The van der Waals surface area contributed by atoms with E-state index in [2.05, 4.69) is 69.5 Å². The molecule has 0 atom stereocenters. The van der Waals surface area contributed by atoms with Gasteiger partial charge in [0.15, 0.2) is 11.5 Å². The van der Waals surface area contributed by atoms with E-state index in [4.69, 9.17) is 10.5 Å². The summed E-state index contributed by atoms with van der Waals surface area (Å²) in [6.07, 6.45) is 5.20. The summed E-state index contributed by atoms with van der Waals surface area (Å²) >= 11 is 0. The topological polar surface area (TPSA) is 78.9 Å². The highest BCUT2D eigenvalue weighted by atomic mass is 16.5. The van der Waals surface area contributed by atoms with E-state index in [0.717, 1.165) is 25.0 Å². The van der Waals surface area contributed by atoms with Crippen molar-refractivity contribution >= 4 is 38.5 Å². The minimum atomic E-state index is 0.421. The van der Waals surface area contributed by atoms with Gasteiger partial charge in [0, 0.05) is 13.2 Å². The lowest BCUT2D eigenvalue weighted by Gasteiger charge is -2.11. The van der Waals surface area contributed by atoms with Crippen LogP contribution in [0.15, 0.2) is 67.3 Å². The van der Waals surface area contributed by atoms with Crippen molar-refractivity contribution in [3.8, 4) is 0 Å². The molecule has 0 fully saturated rings. The van der Waals surface area contributed by atoms with E-state index in [1.807, 2.05) is 4.57 Å². The number of unbranched alkanes of at least 4 members (excludes halogenated alkanes) is 1. The van der Waals surface area contributed by atoms with Crippen LogP contribution in [-0.4, -0.2) is 26.1 Å². The second-order valence-corrected chi connectivity index (χ2v) is 7.43. The molecular weight excluding hydrogens is 374 g/mol. The molecular formula is C24H23N5O. The molecule has 5 rings (SSSR count). The van der Waals surface area contributed by atoms with Gasteiger partial charge in [-0.3, -0.25) is 0 Å². The number of nitrogens with two attached hydrogens (primary N) is 1. The Morgan fingerprint density at radius 1 is 0.867 bits per heavy atom. The maximum atomic E-state index is 6.03. The van der Waals surface area contributed by atoms with Gasteiger partial charge >= 0.3 is 0 Å². The molecule has 2 aromatic heterocycles. The third kappa shape index (κ3) is 3.46. The highest BCUT2D eigenvalue weighted by molar-refractivity contribution is 6.08. The molecule has 2 N–H and O–H groups in total. The Hall–Kier alpha value is -3.51. The number of rotatable bonds is 7. The SMILES string of the molecule is Nc1ncnc2c1ncn2CCCCOCc1cc2ccccc2c2ccccc12. The highest BCUT2D eigenvalue weighted by Gasteiger charge is 2.08. The third-order valence-corrected chi connectivity index (χ3v) is 5.48. The van der Waals surface area contributed by atoms with Crippen LogP contribution >= 0.6 is 0 Å². The average molecular weight is 397 g/mol. The summed E-state index contributed by atoms with van der Waals surface area (Å²) in [6, 6.07) is 19.3. The van der Waals surface area contributed by atoms with Gasteiger partial charge in [0.05, 0.1) is 12.9 Å². The van der Waals surface area contributed by atoms with Gasteiger partial charge in [-0.2, -0.15) is 0 Å². The van der Waals surface area contributed by atoms with Crippen LogP contribution in [0.25, 0.3) is 32.7 Å². The normalized spacial score (nSPS) is 11.6. The van der Waals surface area contributed by atoms with Crippen LogP contribution in [0.2, 0.25) is 0 Å². The smallest absolute Gasteiger partial charge is 0.165 e. The third-order valence-electron chi connectivity index (χ3n) is 5.48. The Balaban J connectivity index is 1.21. The lowest BCUT2D eigenvalue weighted by atomic mass is 9.98. The standard InChI is InChI=1S/C24H23N5O/c25-23-22-24(27-15-26-23)29(16-28-22)11-5-6-12-30-14-18-13-17-7-1-2-8-19(17)21-10-4-3-9-20(18)21/h1-4,7-10,13,15-16H,5-6,11-12,14H2,(H2,25,26,27). The molecule has 0 saturated carbocycles. The molecule has 0 aliphatic rings. The Morgan fingerprint density at radius 2 is 1.67 bits per heavy atom. The molecule has 0 unspecified atom stereocenters. The summed E-state index contributed by atoms with van der Waals surface area (Å²) in [6.45, 7) is 2.16. The second kappa shape index (κ2) is 8.08. The van der Waals surface area contributed by atoms with Gasteiger partial charge in [0.25, 0.3) is 0 Å². The molecule has 6 nitrogen and oxygen atoms in total. The molecule has 3 aromatic carbocycles. The molecule has 2 heterocycles. The largest absolute Gasteiger partial charge is 0.382 e. The number of ether oxygens (including phenoxy) is 1. The zero-order valence-electron chi connectivity index (χ0n) is 16.7. The highest BCUT2D eigenvalue weighted by Crippen LogP contribution is 2.29. The molecule has 0 spiro atoms. The van der Waals surface area contributed by atoms with Crippen molar-refractivity contribution in [3.63, 3.8) is 0 Å². The fourth-order valence-corrected chi connectivity index (χ4v) is 3.98. The van der Waals surface area contributed by atoms with Crippen LogP contribution < -0.4 is 5.73 Å². The van der Waals surface area contributed by atoms with E-state index in [0.29, 0.717) is 24.5 Å². The Labute approximate surface area is 174 Å². The van der Waals surface area contributed by atoms with Crippen LogP contribution in [0.4, 0.5) is 5.82 Å². The van der Waals surface area contributed by atoms with Crippen molar-refractivity contribution in [2.45, 2.75) is 26.0 Å². The monoisotopic (exact) mass is 397 g/mol. The van der Waals surface area contributed by atoms with Crippen molar-refractivity contribution in [3.05, 3.63) is 72.8 Å². The van der Waals surface area contributed by atoms with Gasteiger partial charge < -0.3 is 15.0 Å². The molecule has 0 amide bonds. The van der Waals surface area contributed by atoms with Gasteiger partial charge in [-0.25, -0.2) is 15.0 Å². The molecule has 5 aromatic rings. The van der Waals surface area contributed by atoms with E-state index >= 15 is 0 Å². The maximum absolute atomic E-state index is 6.03. The van der Waals surface area contributed by atoms with Crippen molar-refractivity contribution in [1.29, 1.82) is 0 Å². The number of hydrogen-bond donors (Lipinski definition) is 1. The quantitative estimate of drug-likeness (QED) is 0.318. The van der Waals surface area contributed by atoms with Crippen LogP contribution in [0.3, 0.4) is 0 Å². The van der Waals surface area contributed by atoms with E-state index < -0.39 is 0 Å². The summed E-state index contributed by atoms with van der Waals surface area (Å²) in [5.74, 6) is 0.421. The predicted molar refractivity (Wildman–Crippen MR) is 120 cm³/mol. The minimum absolute atomic E-state index is 0.421. The fourth-order valence-electron chi connectivity index (χ4n) is 3.98. The molecule has 150 valence electrons. The van der Waals surface area contributed by atoms with Crippen LogP contribution in [-0.2, 0) is 17.9 Å². The zero-order chi connectivity index (χ0) is 20.3. The van der Waals surface area contributed by atoms with Gasteiger partial charge in [0.2, 0.25) is 0 Å². The van der Waals surface area contributed by atoms with E-state index in [1.54, 1.807) is 6.33 Å². The number of imidazole rings is 1. The van der Waals surface area contributed by atoms with Gasteiger partial charge in [-0.05, 0) is 46.0 Å². The number of fused-ring (bicyclic) bond motifs is 4. The van der Waals surface area contributed by atoms with E-state index in [1.165, 1.54) is 33.4 Å². The number of aryl methyl sites for hydroxylation is 1. The first-order valence-electron chi connectivity index (χ1n) is 10.2. The van der Waals surface area contributed by atoms with Crippen LogP contribution in [0.5, 0.6) is 0 Å². The summed E-state index contributed by atoms with van der Waals surface area (Å²) in [4.78, 5) is 12.6. The first-order chi connectivity index (χ1) is 14.8. The minimum Gasteiger partial charge on any atom is -0.382 e. The molecule has 0 aliphatic heterocycles. The number of benzene rings is 3. The number of anilines is 1. The predicted octanol–water partition coefficient (Wildman–Crippen LogP) is 4.71. The summed E-state index contributed by atoms with van der Waals surface area (Å²) in [7, 11) is 0. The Bertz CT molecular complexity index is 1330. The number of nitrogen functional groups attached to an aromatic ring is 1. The van der Waals surface area contributed by atoms with E-state index in [-0.39, 0.29) is 0 Å². The average Bonchev–Trinajstić information content (AvgIpc) is 3.20. The molecule has 0 radical (unpaired) electrons. The van der Waals surface area contributed by atoms with Crippen molar-refractivity contribution in [2.24, 2.45) is 0 Å². The Morgan fingerprint density at radius 3 is 2.57 bits per heavy atom. The maximum Gasteiger partial charge on any atom is 0.165 e. The molecule has 30 heavy (non-hydrogen) atoms. The molecule has 0 saturated heterocycles. The number of aromatic nitrogens is 4. The fraction of sp³-hybridized carbons (Fsp3) is 0.208. The first kappa shape index (κ1) is 18.5. The van der Waals surface area contributed by atoms with E-state index in [9.17, 15) is 0 Å². The summed E-state index contributed by atoms with van der Waals surface area (Å²) < 4.78 is 8.05. The van der Waals surface area contributed by atoms with Crippen molar-refractivity contribution < 1.29 is 4.74 Å². The van der Waals surface area contributed by atoms with Crippen molar-refractivity contribution in [1.82, 2.24) is 19.5 Å². The van der Waals surface area contributed by atoms with Gasteiger partial charge in [0.1, 0.15) is 11.8 Å². The molecule has 0 bridgehead atoms. The molecule has 6 heteroatoms.